The van der Waals surface area contributed by atoms with Crippen LogP contribution >= 0.6 is 0 Å². The Morgan fingerprint density at radius 3 is 2.70 bits per heavy atom. The molecule has 0 aromatic heterocycles. The lowest BCUT2D eigenvalue weighted by Gasteiger charge is -2.15. The maximum absolute atomic E-state index is 12.8. The molecule has 7 heteroatoms. The molecular weight excluding hydrogens is 366 g/mol. The second-order valence-electron chi connectivity index (χ2n) is 6.61. The summed E-state index contributed by atoms with van der Waals surface area (Å²) in [6, 6.07) is 8.86. The van der Waals surface area contributed by atoms with E-state index in [-0.39, 0.29) is 17.5 Å². The molecule has 0 amide bonds. The van der Waals surface area contributed by atoms with Crippen molar-refractivity contribution in [1.82, 2.24) is 4.72 Å². The monoisotopic (exact) mass is 391 g/mol. The van der Waals surface area contributed by atoms with E-state index >= 15 is 0 Å². The van der Waals surface area contributed by atoms with Crippen molar-refractivity contribution in [2.45, 2.75) is 44.7 Å². The summed E-state index contributed by atoms with van der Waals surface area (Å²) in [4.78, 5) is 0.119. The SMILES string of the molecule is CCOc1cc2c(cc1CNS(=O)(=O)c1cc(C)ccc1OC)O[C@@H](C)C2. The molecule has 0 saturated heterocycles. The molecule has 0 unspecified atom stereocenters. The number of sulfonamides is 1. The molecule has 0 aliphatic carbocycles. The molecule has 0 saturated carbocycles. The molecule has 27 heavy (non-hydrogen) atoms. The molecule has 6 nitrogen and oxygen atoms in total. The topological polar surface area (TPSA) is 73.9 Å². The minimum atomic E-state index is -3.75. The zero-order chi connectivity index (χ0) is 19.6. The lowest BCUT2D eigenvalue weighted by Crippen LogP contribution is -2.24. The summed E-state index contributed by atoms with van der Waals surface area (Å²) in [5.74, 6) is 1.77. The molecule has 1 heterocycles. The molecular formula is C20H25NO5S. The molecule has 2 aromatic rings. The van der Waals surface area contributed by atoms with Gasteiger partial charge in [0, 0.05) is 24.1 Å². The van der Waals surface area contributed by atoms with Gasteiger partial charge in [-0.25, -0.2) is 13.1 Å². The Morgan fingerprint density at radius 2 is 2.00 bits per heavy atom. The largest absolute Gasteiger partial charge is 0.495 e. The number of hydrogen-bond acceptors (Lipinski definition) is 5. The number of methoxy groups -OCH3 is 1. The summed E-state index contributed by atoms with van der Waals surface area (Å²) in [6.07, 6.45) is 0.931. The average molecular weight is 391 g/mol. The first-order chi connectivity index (χ1) is 12.8. The second kappa shape index (κ2) is 7.78. The van der Waals surface area contributed by atoms with Crippen LogP contribution < -0.4 is 18.9 Å². The van der Waals surface area contributed by atoms with Gasteiger partial charge in [0.1, 0.15) is 28.2 Å². The summed E-state index contributed by atoms with van der Waals surface area (Å²) < 4.78 is 45.0. The molecule has 1 atom stereocenters. The highest BCUT2D eigenvalue weighted by atomic mass is 32.2. The van der Waals surface area contributed by atoms with Crippen LogP contribution in [0.25, 0.3) is 0 Å². The van der Waals surface area contributed by atoms with Crippen molar-refractivity contribution in [1.29, 1.82) is 0 Å². The average Bonchev–Trinajstić information content (AvgIpc) is 2.99. The maximum atomic E-state index is 12.8. The van der Waals surface area contributed by atoms with Crippen LogP contribution in [0.4, 0.5) is 0 Å². The summed E-state index contributed by atoms with van der Waals surface area (Å²) >= 11 is 0. The van der Waals surface area contributed by atoms with Gasteiger partial charge >= 0.3 is 0 Å². The van der Waals surface area contributed by atoms with Crippen molar-refractivity contribution >= 4 is 10.0 Å². The van der Waals surface area contributed by atoms with Crippen molar-refractivity contribution in [3.63, 3.8) is 0 Å². The number of nitrogens with one attached hydrogen (secondary N) is 1. The van der Waals surface area contributed by atoms with Gasteiger partial charge in [0.25, 0.3) is 0 Å². The van der Waals surface area contributed by atoms with Gasteiger partial charge in [-0.2, -0.15) is 0 Å². The van der Waals surface area contributed by atoms with Crippen LogP contribution in [0.2, 0.25) is 0 Å². The first kappa shape index (κ1) is 19.5. The van der Waals surface area contributed by atoms with Crippen LogP contribution in [0.1, 0.15) is 30.5 Å². The van der Waals surface area contributed by atoms with Gasteiger partial charge in [-0.15, -0.1) is 0 Å². The molecule has 0 fully saturated rings. The van der Waals surface area contributed by atoms with Crippen molar-refractivity contribution in [2.24, 2.45) is 0 Å². The number of benzene rings is 2. The number of rotatable bonds is 7. The van der Waals surface area contributed by atoms with Crippen LogP contribution in [0, 0.1) is 6.92 Å². The maximum Gasteiger partial charge on any atom is 0.244 e. The van der Waals surface area contributed by atoms with Crippen molar-refractivity contribution in [3.8, 4) is 17.2 Å². The van der Waals surface area contributed by atoms with Crippen molar-refractivity contribution in [3.05, 3.63) is 47.0 Å². The summed E-state index contributed by atoms with van der Waals surface area (Å²) in [6.45, 7) is 6.34. The molecule has 2 aromatic carbocycles. The normalized spacial score (nSPS) is 15.9. The third kappa shape index (κ3) is 4.20. The van der Waals surface area contributed by atoms with E-state index in [1.165, 1.54) is 7.11 Å². The Balaban J connectivity index is 1.88. The third-order valence-electron chi connectivity index (χ3n) is 4.44. The fraction of sp³-hybridized carbons (Fsp3) is 0.400. The van der Waals surface area contributed by atoms with E-state index in [1.54, 1.807) is 12.1 Å². The lowest BCUT2D eigenvalue weighted by molar-refractivity contribution is 0.254. The summed E-state index contributed by atoms with van der Waals surface area (Å²) in [5, 5.41) is 0. The lowest BCUT2D eigenvalue weighted by atomic mass is 10.1. The Hall–Kier alpha value is -2.25. The van der Waals surface area contributed by atoms with E-state index in [4.69, 9.17) is 14.2 Å². The Labute approximate surface area is 160 Å². The van der Waals surface area contributed by atoms with Gasteiger partial charge < -0.3 is 14.2 Å². The standard InChI is InChI=1S/C20H25NO5S/c1-5-25-18-10-15-9-14(3)26-19(15)11-16(18)12-21-27(22,23)20-8-13(2)6-7-17(20)24-4/h6-8,10-11,14,21H,5,9,12H2,1-4H3/t14-/m0/s1. The summed E-state index contributed by atoms with van der Waals surface area (Å²) in [5.41, 5.74) is 2.66. The Morgan fingerprint density at radius 1 is 1.22 bits per heavy atom. The van der Waals surface area contributed by atoms with Gasteiger partial charge in [-0.3, -0.25) is 0 Å². The van der Waals surface area contributed by atoms with E-state index in [1.807, 2.05) is 39.0 Å². The molecule has 1 N–H and O–H groups in total. The van der Waals surface area contributed by atoms with Gasteiger partial charge in [-0.1, -0.05) is 6.07 Å². The van der Waals surface area contributed by atoms with E-state index < -0.39 is 10.0 Å². The zero-order valence-electron chi connectivity index (χ0n) is 16.0. The van der Waals surface area contributed by atoms with Crippen LogP contribution in [0.15, 0.2) is 35.2 Å². The highest BCUT2D eigenvalue weighted by molar-refractivity contribution is 7.89. The van der Waals surface area contributed by atoms with Crippen molar-refractivity contribution in [2.75, 3.05) is 13.7 Å². The highest BCUT2D eigenvalue weighted by Gasteiger charge is 2.24. The summed E-state index contributed by atoms with van der Waals surface area (Å²) in [7, 11) is -2.30. The predicted octanol–water partition coefficient (Wildman–Crippen LogP) is 3.20. The van der Waals surface area contributed by atoms with Gasteiger partial charge in [0.05, 0.1) is 13.7 Å². The first-order valence-electron chi connectivity index (χ1n) is 8.93. The van der Waals surface area contributed by atoms with E-state index in [0.717, 1.165) is 28.9 Å². The number of fused-ring (bicyclic) bond motifs is 1. The smallest absolute Gasteiger partial charge is 0.244 e. The predicted molar refractivity (Wildman–Crippen MR) is 103 cm³/mol. The fourth-order valence-corrected chi connectivity index (χ4v) is 4.41. The fourth-order valence-electron chi connectivity index (χ4n) is 3.15. The van der Waals surface area contributed by atoms with Crippen molar-refractivity contribution < 1.29 is 22.6 Å². The molecule has 0 bridgehead atoms. The Bertz CT molecular complexity index is 940. The molecule has 1 aliphatic heterocycles. The number of ether oxygens (including phenoxy) is 3. The first-order valence-corrected chi connectivity index (χ1v) is 10.4. The van der Waals surface area contributed by atoms with Crippen LogP contribution in [-0.4, -0.2) is 28.2 Å². The third-order valence-corrected chi connectivity index (χ3v) is 5.86. The number of aryl methyl sites for hydroxylation is 1. The Kier molecular flexibility index (Phi) is 5.62. The number of hydrogen-bond donors (Lipinski definition) is 1. The highest BCUT2D eigenvalue weighted by Crippen LogP contribution is 2.35. The van der Waals surface area contributed by atoms with E-state index in [2.05, 4.69) is 4.72 Å². The van der Waals surface area contributed by atoms with Crippen LogP contribution in [0.3, 0.4) is 0 Å². The van der Waals surface area contributed by atoms with Gasteiger partial charge in [-0.05, 0) is 50.6 Å². The molecule has 3 rings (SSSR count). The van der Waals surface area contributed by atoms with Crippen LogP contribution in [0.5, 0.6) is 17.2 Å². The molecule has 0 radical (unpaired) electrons. The van der Waals surface area contributed by atoms with Gasteiger partial charge in [0.2, 0.25) is 10.0 Å². The van der Waals surface area contributed by atoms with Crippen LogP contribution in [-0.2, 0) is 23.0 Å². The van der Waals surface area contributed by atoms with E-state index in [9.17, 15) is 8.42 Å². The van der Waals surface area contributed by atoms with Gasteiger partial charge in [0.15, 0.2) is 0 Å². The second-order valence-corrected chi connectivity index (χ2v) is 8.35. The molecule has 146 valence electrons. The minimum absolute atomic E-state index is 0.0970. The zero-order valence-corrected chi connectivity index (χ0v) is 16.9. The minimum Gasteiger partial charge on any atom is -0.495 e. The van der Waals surface area contributed by atoms with E-state index in [0.29, 0.717) is 18.1 Å². The molecule has 0 spiro atoms. The molecule has 1 aliphatic rings. The quantitative estimate of drug-likeness (QED) is 0.785.